The van der Waals surface area contributed by atoms with Crippen LogP contribution < -0.4 is 9.80 Å². The first kappa shape index (κ1) is 18.5. The van der Waals surface area contributed by atoms with E-state index in [4.69, 9.17) is 34.1 Å². The van der Waals surface area contributed by atoms with E-state index in [0.29, 0.717) is 42.0 Å². The fraction of sp³-hybridized carbons (Fsp3) is 0.467. The smallest absolute Gasteiger partial charge is 0.414 e. The maximum absolute atomic E-state index is 14.6. The molecule has 0 aliphatic carbocycles. The highest BCUT2D eigenvalue weighted by Gasteiger charge is 2.32. The van der Waals surface area contributed by atoms with E-state index < -0.39 is 18.0 Å². The van der Waals surface area contributed by atoms with Gasteiger partial charge in [-0.1, -0.05) is 16.7 Å². The molecule has 8 nitrogen and oxygen atoms in total. The first-order chi connectivity index (χ1) is 12.5. The van der Waals surface area contributed by atoms with Gasteiger partial charge >= 0.3 is 6.09 Å². The molecule has 2 aliphatic rings. The van der Waals surface area contributed by atoms with E-state index in [9.17, 15) is 9.18 Å². The van der Waals surface area contributed by atoms with Gasteiger partial charge in [0.2, 0.25) is 0 Å². The Hall–Kier alpha value is -2.29. The summed E-state index contributed by atoms with van der Waals surface area (Å²) < 4.78 is 20.1. The lowest BCUT2D eigenvalue weighted by atomic mass is 10.2. The van der Waals surface area contributed by atoms with Crippen molar-refractivity contribution in [2.75, 3.05) is 49.1 Å². The number of rotatable bonds is 4. The predicted molar refractivity (Wildman–Crippen MR) is 100 cm³/mol. The molecule has 1 aromatic rings. The van der Waals surface area contributed by atoms with Crippen LogP contribution in [0.15, 0.2) is 23.3 Å². The number of carbonyl (C=O) groups excluding carboxylic acids is 1. The second-order valence-electron chi connectivity index (χ2n) is 5.89. The van der Waals surface area contributed by atoms with Gasteiger partial charge in [0.1, 0.15) is 11.9 Å². The van der Waals surface area contributed by atoms with Gasteiger partial charge in [0.15, 0.2) is 4.45 Å². The fourth-order valence-electron chi connectivity index (χ4n) is 3.00. The molecule has 3 rings (SSSR count). The van der Waals surface area contributed by atoms with Crippen molar-refractivity contribution in [3.63, 3.8) is 0 Å². The quantitative estimate of drug-likeness (QED) is 0.194. The molecule has 0 spiro atoms. The zero-order valence-corrected chi connectivity index (χ0v) is 15.3. The summed E-state index contributed by atoms with van der Waals surface area (Å²) in [7, 11) is 0. The number of ether oxygens (including phenoxy) is 1. The number of carbonyl (C=O) groups is 1. The minimum absolute atomic E-state index is 0.0476. The van der Waals surface area contributed by atoms with Gasteiger partial charge in [-0.3, -0.25) is 4.90 Å². The SMILES string of the molecule is [N-]=[N+]=NC[C@H]1CN(c2ccc(N3CCN(C(=S)Cl)CC3)c(F)c2)C(=O)O1. The maximum atomic E-state index is 14.6. The van der Waals surface area contributed by atoms with Crippen LogP contribution in [0.2, 0.25) is 0 Å². The van der Waals surface area contributed by atoms with Gasteiger partial charge in [0.25, 0.3) is 0 Å². The molecule has 0 saturated carbocycles. The van der Waals surface area contributed by atoms with Crippen molar-refractivity contribution in [3.8, 4) is 0 Å². The average Bonchev–Trinajstić information content (AvgIpc) is 3.00. The Morgan fingerprint density at radius 2 is 2.15 bits per heavy atom. The van der Waals surface area contributed by atoms with E-state index in [0.717, 1.165) is 0 Å². The highest BCUT2D eigenvalue weighted by Crippen LogP contribution is 2.28. The Labute approximate surface area is 159 Å². The third kappa shape index (κ3) is 3.92. The molecule has 1 amide bonds. The molecule has 138 valence electrons. The van der Waals surface area contributed by atoms with E-state index >= 15 is 0 Å². The lowest BCUT2D eigenvalue weighted by Crippen LogP contribution is -2.47. The largest absolute Gasteiger partial charge is 0.444 e. The van der Waals surface area contributed by atoms with Gasteiger partial charge in [-0.25, -0.2) is 9.18 Å². The molecule has 2 aliphatic heterocycles. The number of halogens is 2. The summed E-state index contributed by atoms with van der Waals surface area (Å²) in [6, 6.07) is 4.63. The second-order valence-corrected chi connectivity index (χ2v) is 6.86. The topological polar surface area (TPSA) is 84.8 Å². The van der Waals surface area contributed by atoms with Crippen LogP contribution in [0.25, 0.3) is 10.4 Å². The van der Waals surface area contributed by atoms with Crippen molar-refractivity contribution in [1.29, 1.82) is 0 Å². The third-order valence-corrected chi connectivity index (χ3v) is 4.83. The van der Waals surface area contributed by atoms with Crippen LogP contribution in [0, 0.1) is 5.82 Å². The summed E-state index contributed by atoms with van der Waals surface area (Å²) in [5, 5.41) is 3.40. The third-order valence-electron chi connectivity index (χ3n) is 4.33. The number of nitrogens with zero attached hydrogens (tertiary/aromatic N) is 6. The van der Waals surface area contributed by atoms with Gasteiger partial charge in [-0.2, -0.15) is 0 Å². The molecule has 11 heteroatoms. The molecule has 2 heterocycles. The maximum Gasteiger partial charge on any atom is 0.414 e. The summed E-state index contributed by atoms with van der Waals surface area (Å²) in [5.74, 6) is -0.421. The molecular formula is C15H16ClFN6O2S. The minimum Gasteiger partial charge on any atom is -0.444 e. The monoisotopic (exact) mass is 398 g/mol. The van der Waals surface area contributed by atoms with Crippen molar-refractivity contribution in [1.82, 2.24) is 4.90 Å². The Kier molecular flexibility index (Phi) is 5.65. The molecule has 1 aromatic carbocycles. The normalized spacial score (nSPS) is 20.0. The zero-order valence-electron chi connectivity index (χ0n) is 13.7. The number of piperazine rings is 1. The molecule has 0 bridgehead atoms. The Bertz CT molecular complexity index is 767. The summed E-state index contributed by atoms with van der Waals surface area (Å²) >= 11 is 10.8. The lowest BCUT2D eigenvalue weighted by Gasteiger charge is -2.36. The highest BCUT2D eigenvalue weighted by molar-refractivity contribution is 7.83. The molecule has 2 fully saturated rings. The van der Waals surface area contributed by atoms with Crippen molar-refractivity contribution in [3.05, 3.63) is 34.5 Å². The van der Waals surface area contributed by atoms with Crippen LogP contribution in [0.1, 0.15) is 0 Å². The van der Waals surface area contributed by atoms with Crippen LogP contribution in [-0.2, 0) is 4.74 Å². The number of cyclic esters (lactones) is 1. The predicted octanol–water partition coefficient (Wildman–Crippen LogP) is 3.11. The van der Waals surface area contributed by atoms with E-state index in [1.165, 1.54) is 11.0 Å². The van der Waals surface area contributed by atoms with Gasteiger partial charge in [-0.15, -0.1) is 0 Å². The number of benzene rings is 1. The number of hydrogen-bond donors (Lipinski definition) is 0. The molecule has 0 N–H and O–H groups in total. The van der Waals surface area contributed by atoms with Crippen LogP contribution in [0.4, 0.5) is 20.6 Å². The summed E-state index contributed by atoms with van der Waals surface area (Å²) in [5.41, 5.74) is 9.21. The first-order valence-electron chi connectivity index (χ1n) is 7.97. The molecule has 0 radical (unpaired) electrons. The van der Waals surface area contributed by atoms with E-state index in [2.05, 4.69) is 10.0 Å². The first-order valence-corrected chi connectivity index (χ1v) is 8.76. The zero-order chi connectivity index (χ0) is 18.7. The van der Waals surface area contributed by atoms with Gasteiger partial charge in [0, 0.05) is 31.1 Å². The standard InChI is InChI=1S/C15H16ClFN6O2S/c16-14(26)22-5-3-21(4-6-22)13-2-1-10(7-12(13)17)23-9-11(8-19-20-18)25-15(23)24/h1-2,7,11H,3-6,8-9H2/t11-/m0/s1. The number of azide groups is 1. The fourth-order valence-corrected chi connectivity index (χ4v) is 3.35. The molecular weight excluding hydrogens is 383 g/mol. The number of amides is 1. The minimum atomic E-state index is -0.584. The number of hydrogen-bond acceptors (Lipinski definition) is 5. The average molecular weight is 399 g/mol. The Morgan fingerprint density at radius 1 is 1.42 bits per heavy atom. The van der Waals surface area contributed by atoms with Crippen LogP contribution in [-0.4, -0.2) is 60.8 Å². The van der Waals surface area contributed by atoms with Crippen LogP contribution in [0.3, 0.4) is 0 Å². The second kappa shape index (κ2) is 7.94. The van der Waals surface area contributed by atoms with Crippen molar-refractivity contribution in [2.24, 2.45) is 5.11 Å². The van der Waals surface area contributed by atoms with Crippen LogP contribution >= 0.6 is 23.8 Å². The highest BCUT2D eigenvalue weighted by atomic mass is 35.5. The van der Waals surface area contributed by atoms with Gasteiger partial charge in [0.05, 0.1) is 24.5 Å². The Morgan fingerprint density at radius 3 is 2.77 bits per heavy atom. The number of thiocarbonyl (C=S) groups is 1. The van der Waals surface area contributed by atoms with Crippen molar-refractivity contribution < 1.29 is 13.9 Å². The van der Waals surface area contributed by atoms with E-state index in [-0.39, 0.29) is 13.1 Å². The van der Waals surface area contributed by atoms with Crippen molar-refractivity contribution in [2.45, 2.75) is 6.10 Å². The van der Waals surface area contributed by atoms with E-state index in [1.54, 1.807) is 12.1 Å². The molecule has 0 unspecified atom stereocenters. The van der Waals surface area contributed by atoms with Gasteiger partial charge < -0.3 is 14.5 Å². The van der Waals surface area contributed by atoms with Crippen molar-refractivity contribution >= 4 is 45.7 Å². The molecule has 1 atom stereocenters. The Balaban J connectivity index is 1.69. The molecule has 2 saturated heterocycles. The summed E-state index contributed by atoms with van der Waals surface area (Å²) in [4.78, 5) is 19.7. The number of anilines is 2. The molecule has 0 aromatic heterocycles. The summed E-state index contributed by atoms with van der Waals surface area (Å²) in [6.45, 7) is 2.72. The lowest BCUT2D eigenvalue weighted by molar-refractivity contribution is 0.145. The van der Waals surface area contributed by atoms with Gasteiger partial charge in [-0.05, 0) is 35.9 Å². The molecule has 26 heavy (non-hydrogen) atoms. The van der Waals surface area contributed by atoms with Crippen LogP contribution in [0.5, 0.6) is 0 Å². The van der Waals surface area contributed by atoms with E-state index in [1.807, 2.05) is 9.80 Å². The summed E-state index contributed by atoms with van der Waals surface area (Å²) in [6.07, 6.45) is -1.12.